The number of pyridine rings is 1. The van der Waals surface area contributed by atoms with Crippen molar-refractivity contribution in [3.63, 3.8) is 0 Å². The average molecular weight is 462 g/mol. The Morgan fingerprint density at radius 2 is 2.03 bits per heavy atom. The van der Waals surface area contributed by atoms with Crippen molar-refractivity contribution in [2.45, 2.75) is 13.3 Å². The summed E-state index contributed by atoms with van der Waals surface area (Å²) in [6.45, 7) is 2.07. The molecular formula is C22H27N3O6S. The highest BCUT2D eigenvalue weighted by Crippen LogP contribution is 2.30. The number of benzene rings is 1. The number of fused-ring (bicyclic) bond motifs is 1. The number of sulfonamides is 1. The zero-order valence-electron chi connectivity index (χ0n) is 18.2. The minimum atomic E-state index is -3.46. The molecule has 10 heteroatoms. The van der Waals surface area contributed by atoms with E-state index in [9.17, 15) is 23.4 Å². The van der Waals surface area contributed by atoms with Crippen LogP contribution in [0, 0.1) is 5.92 Å². The first-order chi connectivity index (χ1) is 15.2. The summed E-state index contributed by atoms with van der Waals surface area (Å²) >= 11 is 0. The second-order valence-corrected chi connectivity index (χ2v) is 9.75. The fourth-order valence-electron chi connectivity index (χ4n) is 3.37. The highest BCUT2D eigenvalue weighted by Gasteiger charge is 2.22. The molecule has 0 fully saturated rings. The number of rotatable bonds is 10. The summed E-state index contributed by atoms with van der Waals surface area (Å²) in [6.07, 6.45) is 3.17. The van der Waals surface area contributed by atoms with Gasteiger partial charge in [-0.1, -0.05) is 13.0 Å². The van der Waals surface area contributed by atoms with E-state index >= 15 is 0 Å². The zero-order valence-corrected chi connectivity index (χ0v) is 19.0. The Morgan fingerprint density at radius 3 is 2.72 bits per heavy atom. The Kier molecular flexibility index (Phi) is 7.17. The summed E-state index contributed by atoms with van der Waals surface area (Å²) in [5.74, 6) is -0.314. The second-order valence-electron chi connectivity index (χ2n) is 7.70. The van der Waals surface area contributed by atoms with Gasteiger partial charge in [0.1, 0.15) is 11.3 Å². The number of aryl methyl sites for hydroxylation is 2. The summed E-state index contributed by atoms with van der Waals surface area (Å²) in [6, 6.07) is 6.60. The van der Waals surface area contributed by atoms with Crippen LogP contribution in [0.1, 0.15) is 28.4 Å². The number of carbonyl (C=O) groups is 1. The first-order valence-corrected chi connectivity index (χ1v) is 11.8. The lowest BCUT2D eigenvalue weighted by Crippen LogP contribution is -2.23. The highest BCUT2D eigenvalue weighted by atomic mass is 32.2. The molecule has 3 rings (SSSR count). The lowest BCUT2D eigenvalue weighted by molar-refractivity contribution is 0.103. The topological polar surface area (TPSA) is 131 Å². The molecule has 1 unspecified atom stereocenters. The van der Waals surface area contributed by atoms with Crippen LogP contribution in [0.15, 0.2) is 36.7 Å². The van der Waals surface area contributed by atoms with Crippen LogP contribution in [-0.2, 0) is 23.5 Å². The van der Waals surface area contributed by atoms with Crippen LogP contribution in [-0.4, -0.2) is 60.0 Å². The van der Waals surface area contributed by atoms with Gasteiger partial charge in [-0.3, -0.25) is 4.79 Å². The van der Waals surface area contributed by atoms with E-state index in [0.29, 0.717) is 33.3 Å². The Hall–Kier alpha value is -2.95. The van der Waals surface area contributed by atoms with Crippen molar-refractivity contribution in [1.29, 1.82) is 0 Å². The van der Waals surface area contributed by atoms with E-state index in [1.807, 2.05) is 6.92 Å². The van der Waals surface area contributed by atoms with E-state index in [0.717, 1.165) is 0 Å². The molecule has 1 atom stereocenters. The van der Waals surface area contributed by atoms with Gasteiger partial charge in [0.05, 0.1) is 12.4 Å². The van der Waals surface area contributed by atoms with Gasteiger partial charge in [0.15, 0.2) is 5.78 Å². The monoisotopic (exact) mass is 461 g/mol. The molecule has 172 valence electrons. The number of aromatic hydroxyl groups is 1. The maximum absolute atomic E-state index is 13.6. The Balaban J connectivity index is 2.04. The van der Waals surface area contributed by atoms with Crippen LogP contribution < -0.4 is 9.46 Å². The SMILES string of the molecule is CNS(=O)(=O)CCc1ccc(OCC(C)CO)cc1C(=O)c1cn(C)c2c(O)nccc12. The van der Waals surface area contributed by atoms with Crippen molar-refractivity contribution >= 4 is 26.7 Å². The van der Waals surface area contributed by atoms with Gasteiger partial charge in [-0.15, -0.1) is 0 Å². The summed E-state index contributed by atoms with van der Waals surface area (Å²) in [5, 5.41) is 19.9. The second kappa shape index (κ2) is 9.68. The average Bonchev–Trinajstić information content (AvgIpc) is 3.13. The number of hydrogen-bond acceptors (Lipinski definition) is 7. The van der Waals surface area contributed by atoms with E-state index < -0.39 is 10.0 Å². The van der Waals surface area contributed by atoms with E-state index in [2.05, 4.69) is 9.71 Å². The fraction of sp³-hybridized carbons (Fsp3) is 0.364. The predicted molar refractivity (Wildman–Crippen MR) is 121 cm³/mol. The number of nitrogens with zero attached hydrogens (tertiary/aromatic N) is 2. The first kappa shape index (κ1) is 23.7. The molecule has 0 bridgehead atoms. The molecule has 0 spiro atoms. The van der Waals surface area contributed by atoms with Gasteiger partial charge in [-0.2, -0.15) is 0 Å². The van der Waals surface area contributed by atoms with Crippen LogP contribution in [0.25, 0.3) is 10.9 Å². The Labute approximate surface area is 186 Å². The van der Waals surface area contributed by atoms with Gasteiger partial charge in [0, 0.05) is 48.5 Å². The van der Waals surface area contributed by atoms with Gasteiger partial charge in [-0.25, -0.2) is 18.1 Å². The van der Waals surface area contributed by atoms with Gasteiger partial charge < -0.3 is 19.5 Å². The molecule has 0 amide bonds. The van der Waals surface area contributed by atoms with Gasteiger partial charge in [-0.05, 0) is 37.2 Å². The van der Waals surface area contributed by atoms with Crippen LogP contribution in [0.5, 0.6) is 11.6 Å². The third-order valence-electron chi connectivity index (χ3n) is 5.24. The Bertz CT molecular complexity index is 1240. The van der Waals surface area contributed by atoms with E-state index in [-0.39, 0.29) is 43.0 Å². The number of carbonyl (C=O) groups excluding carboxylic acids is 1. The molecule has 0 saturated carbocycles. The lowest BCUT2D eigenvalue weighted by Gasteiger charge is -2.14. The van der Waals surface area contributed by atoms with Gasteiger partial charge in [0.25, 0.3) is 0 Å². The molecule has 0 aliphatic rings. The number of aliphatic hydroxyl groups is 1. The summed E-state index contributed by atoms with van der Waals surface area (Å²) in [7, 11) is -0.412. The maximum Gasteiger partial charge on any atom is 0.236 e. The van der Waals surface area contributed by atoms with E-state index in [4.69, 9.17) is 4.74 Å². The molecule has 9 nitrogen and oxygen atoms in total. The normalized spacial score (nSPS) is 12.8. The molecule has 0 aliphatic heterocycles. The smallest absolute Gasteiger partial charge is 0.236 e. The minimum Gasteiger partial charge on any atom is -0.493 e. The number of ether oxygens (including phenoxy) is 1. The number of aromatic nitrogens is 2. The molecule has 3 N–H and O–H groups in total. The van der Waals surface area contributed by atoms with Crippen molar-refractivity contribution < 1.29 is 28.2 Å². The van der Waals surface area contributed by atoms with Crippen molar-refractivity contribution in [1.82, 2.24) is 14.3 Å². The molecule has 32 heavy (non-hydrogen) atoms. The van der Waals surface area contributed by atoms with E-state index in [1.165, 1.54) is 13.2 Å². The summed E-state index contributed by atoms with van der Waals surface area (Å²) in [5.41, 5.74) is 1.67. The largest absolute Gasteiger partial charge is 0.493 e. The number of ketones is 1. The van der Waals surface area contributed by atoms with E-state index in [1.54, 1.807) is 42.1 Å². The van der Waals surface area contributed by atoms with Gasteiger partial charge >= 0.3 is 0 Å². The van der Waals surface area contributed by atoms with Crippen molar-refractivity contribution in [3.8, 4) is 11.6 Å². The lowest BCUT2D eigenvalue weighted by atomic mass is 9.96. The third-order valence-corrected chi connectivity index (χ3v) is 6.60. The van der Waals surface area contributed by atoms with Crippen molar-refractivity contribution in [2.24, 2.45) is 13.0 Å². The standard InChI is InChI=1S/C22H27N3O6S/c1-14(12-26)13-31-16-5-4-15(7-9-32(29,30)23-2)18(10-16)21(27)19-11-25(3)20-17(19)6-8-24-22(20)28/h4-6,8,10-11,14,23,26H,7,9,12-13H2,1-3H3,(H,24,28). The number of aliphatic hydroxyl groups excluding tert-OH is 1. The minimum absolute atomic E-state index is 0.0285. The predicted octanol–water partition coefficient (Wildman–Crippen LogP) is 1.61. The molecule has 0 radical (unpaired) electrons. The van der Waals surface area contributed by atoms with Crippen LogP contribution in [0.2, 0.25) is 0 Å². The van der Waals surface area contributed by atoms with Crippen molar-refractivity contribution in [2.75, 3.05) is 26.0 Å². The molecule has 2 aromatic heterocycles. The van der Waals surface area contributed by atoms with Crippen LogP contribution >= 0.6 is 0 Å². The van der Waals surface area contributed by atoms with Crippen LogP contribution in [0.4, 0.5) is 0 Å². The quantitative estimate of drug-likeness (QED) is 0.391. The molecule has 1 aromatic carbocycles. The summed E-state index contributed by atoms with van der Waals surface area (Å²) in [4.78, 5) is 17.4. The molecule has 2 heterocycles. The first-order valence-electron chi connectivity index (χ1n) is 10.1. The highest BCUT2D eigenvalue weighted by molar-refractivity contribution is 7.89. The number of nitrogens with one attached hydrogen (secondary N) is 1. The molecule has 3 aromatic rings. The fourth-order valence-corrected chi connectivity index (χ4v) is 4.07. The zero-order chi connectivity index (χ0) is 23.5. The molecular weight excluding hydrogens is 434 g/mol. The van der Waals surface area contributed by atoms with Gasteiger partial charge in [0.2, 0.25) is 15.9 Å². The molecule has 0 saturated heterocycles. The summed E-state index contributed by atoms with van der Waals surface area (Å²) < 4.78 is 33.5. The Morgan fingerprint density at radius 1 is 1.28 bits per heavy atom. The van der Waals surface area contributed by atoms with Crippen molar-refractivity contribution in [3.05, 3.63) is 53.3 Å². The maximum atomic E-state index is 13.6. The third kappa shape index (κ3) is 5.09. The number of hydrogen-bond donors (Lipinski definition) is 3. The molecule has 0 aliphatic carbocycles. The van der Waals surface area contributed by atoms with Crippen LogP contribution in [0.3, 0.4) is 0 Å².